The van der Waals surface area contributed by atoms with Gasteiger partial charge >= 0.3 is 0 Å². The predicted molar refractivity (Wildman–Crippen MR) is 83.9 cm³/mol. The molecule has 1 aliphatic carbocycles. The molecule has 5 nitrogen and oxygen atoms in total. The first-order valence-corrected chi connectivity index (χ1v) is 8.50. The molecule has 21 heavy (non-hydrogen) atoms. The predicted octanol–water partition coefficient (Wildman–Crippen LogP) is 1.90. The Labute approximate surface area is 128 Å². The summed E-state index contributed by atoms with van der Waals surface area (Å²) in [6.45, 7) is 11.2. The molecule has 0 bridgehead atoms. The summed E-state index contributed by atoms with van der Waals surface area (Å²) >= 11 is 0. The minimum Gasteiger partial charge on any atom is -0.316 e. The Hall–Kier alpha value is -0.940. The average Bonchev–Trinajstić information content (AvgIpc) is 2.93. The molecule has 2 heterocycles. The van der Waals surface area contributed by atoms with Gasteiger partial charge in [-0.15, -0.1) is 10.2 Å². The average molecular weight is 291 g/mol. The van der Waals surface area contributed by atoms with E-state index in [0.29, 0.717) is 5.41 Å². The first kappa shape index (κ1) is 15.0. The van der Waals surface area contributed by atoms with Gasteiger partial charge in [-0.1, -0.05) is 26.7 Å². The second-order valence-electron chi connectivity index (χ2n) is 7.13. The lowest BCUT2D eigenvalue weighted by atomic mass is 9.69. The van der Waals surface area contributed by atoms with Crippen molar-refractivity contribution in [2.75, 3.05) is 26.2 Å². The highest BCUT2D eigenvalue weighted by Crippen LogP contribution is 2.40. The van der Waals surface area contributed by atoms with Gasteiger partial charge in [-0.3, -0.25) is 4.90 Å². The maximum Gasteiger partial charge on any atom is 0.147 e. The van der Waals surface area contributed by atoms with Gasteiger partial charge in [0.2, 0.25) is 0 Å². The first-order chi connectivity index (χ1) is 10.2. The van der Waals surface area contributed by atoms with Gasteiger partial charge < -0.3 is 9.88 Å². The Morgan fingerprint density at radius 3 is 3.14 bits per heavy atom. The van der Waals surface area contributed by atoms with Crippen LogP contribution in [0.5, 0.6) is 0 Å². The molecule has 0 amide bonds. The summed E-state index contributed by atoms with van der Waals surface area (Å²) in [5.41, 5.74) is 0.454. The SMILES string of the molecule is CCNCC1(CN2CCn3cnnc3C2)CCCC(C)C1. The highest BCUT2D eigenvalue weighted by molar-refractivity contribution is 4.94. The summed E-state index contributed by atoms with van der Waals surface area (Å²) in [7, 11) is 0. The second kappa shape index (κ2) is 6.44. The molecular formula is C16H29N5. The maximum atomic E-state index is 4.26. The zero-order valence-electron chi connectivity index (χ0n) is 13.5. The molecule has 2 aliphatic rings. The molecule has 0 radical (unpaired) electrons. The van der Waals surface area contributed by atoms with Gasteiger partial charge in [-0.05, 0) is 30.7 Å². The van der Waals surface area contributed by atoms with Gasteiger partial charge in [0.1, 0.15) is 12.2 Å². The van der Waals surface area contributed by atoms with Crippen LogP contribution in [0.15, 0.2) is 6.33 Å². The van der Waals surface area contributed by atoms with Gasteiger partial charge in [0.15, 0.2) is 0 Å². The van der Waals surface area contributed by atoms with Crippen molar-refractivity contribution in [2.45, 2.75) is 52.6 Å². The fourth-order valence-corrected chi connectivity index (χ4v) is 4.24. The van der Waals surface area contributed by atoms with E-state index in [1.54, 1.807) is 0 Å². The van der Waals surface area contributed by atoms with E-state index in [4.69, 9.17) is 0 Å². The number of nitrogens with one attached hydrogen (secondary N) is 1. The van der Waals surface area contributed by atoms with Crippen LogP contribution in [0.4, 0.5) is 0 Å². The van der Waals surface area contributed by atoms with E-state index >= 15 is 0 Å². The van der Waals surface area contributed by atoms with Crippen LogP contribution < -0.4 is 5.32 Å². The molecule has 0 spiro atoms. The Bertz CT molecular complexity index is 457. The van der Waals surface area contributed by atoms with Crippen LogP contribution in [-0.2, 0) is 13.1 Å². The summed E-state index contributed by atoms with van der Waals surface area (Å²) in [6.07, 6.45) is 7.39. The molecule has 1 fully saturated rings. The molecule has 1 aromatic rings. The van der Waals surface area contributed by atoms with Crippen molar-refractivity contribution in [3.63, 3.8) is 0 Å². The molecule has 2 unspecified atom stereocenters. The molecule has 2 atom stereocenters. The summed E-state index contributed by atoms with van der Waals surface area (Å²) in [5, 5.41) is 11.9. The van der Waals surface area contributed by atoms with Gasteiger partial charge in [0, 0.05) is 26.2 Å². The summed E-state index contributed by atoms with van der Waals surface area (Å²) < 4.78 is 2.19. The van der Waals surface area contributed by atoms with Crippen LogP contribution in [-0.4, -0.2) is 45.8 Å². The van der Waals surface area contributed by atoms with E-state index < -0.39 is 0 Å². The Balaban J connectivity index is 1.67. The molecule has 1 saturated carbocycles. The van der Waals surface area contributed by atoms with Crippen molar-refractivity contribution in [1.29, 1.82) is 0 Å². The van der Waals surface area contributed by atoms with E-state index in [1.807, 2.05) is 6.33 Å². The molecule has 0 aromatic carbocycles. The fraction of sp³-hybridized carbons (Fsp3) is 0.875. The molecule has 1 aliphatic heterocycles. The highest BCUT2D eigenvalue weighted by Gasteiger charge is 2.36. The van der Waals surface area contributed by atoms with Crippen molar-refractivity contribution in [3.05, 3.63) is 12.2 Å². The third kappa shape index (κ3) is 3.46. The number of hydrogen-bond acceptors (Lipinski definition) is 4. The monoisotopic (exact) mass is 291 g/mol. The molecule has 1 aromatic heterocycles. The van der Waals surface area contributed by atoms with Crippen molar-refractivity contribution in [1.82, 2.24) is 25.0 Å². The van der Waals surface area contributed by atoms with E-state index in [9.17, 15) is 0 Å². The van der Waals surface area contributed by atoms with Gasteiger partial charge in [0.25, 0.3) is 0 Å². The third-order valence-electron chi connectivity index (χ3n) is 5.21. The summed E-state index contributed by atoms with van der Waals surface area (Å²) in [4.78, 5) is 2.60. The van der Waals surface area contributed by atoms with Gasteiger partial charge in [0.05, 0.1) is 6.54 Å². The largest absolute Gasteiger partial charge is 0.316 e. The van der Waals surface area contributed by atoms with Crippen LogP contribution in [0.25, 0.3) is 0 Å². The highest BCUT2D eigenvalue weighted by atomic mass is 15.3. The van der Waals surface area contributed by atoms with E-state index in [0.717, 1.165) is 44.5 Å². The van der Waals surface area contributed by atoms with Crippen LogP contribution >= 0.6 is 0 Å². The summed E-state index contributed by atoms with van der Waals surface area (Å²) in [5.74, 6) is 1.99. The number of rotatable bonds is 5. The van der Waals surface area contributed by atoms with Gasteiger partial charge in [-0.25, -0.2) is 0 Å². The standard InChI is InChI=1S/C16H29N5/c1-3-17-11-16(6-4-5-14(2)9-16)12-20-7-8-21-13-18-19-15(21)10-20/h13-14,17H,3-12H2,1-2H3. The Morgan fingerprint density at radius 2 is 2.33 bits per heavy atom. The molecule has 1 N–H and O–H groups in total. The number of fused-ring (bicyclic) bond motifs is 1. The van der Waals surface area contributed by atoms with Crippen LogP contribution in [0.2, 0.25) is 0 Å². The van der Waals surface area contributed by atoms with Gasteiger partial charge in [-0.2, -0.15) is 0 Å². The normalized spacial score (nSPS) is 30.3. The van der Waals surface area contributed by atoms with Crippen molar-refractivity contribution in [2.24, 2.45) is 11.3 Å². The fourth-order valence-electron chi connectivity index (χ4n) is 4.24. The maximum absolute atomic E-state index is 4.26. The molecule has 0 saturated heterocycles. The quantitative estimate of drug-likeness (QED) is 0.900. The van der Waals surface area contributed by atoms with Crippen molar-refractivity contribution >= 4 is 0 Å². The number of aromatic nitrogens is 3. The zero-order valence-corrected chi connectivity index (χ0v) is 13.5. The lowest BCUT2D eigenvalue weighted by molar-refractivity contribution is 0.0662. The number of hydrogen-bond donors (Lipinski definition) is 1. The molecule has 3 rings (SSSR count). The van der Waals surface area contributed by atoms with E-state index in [1.165, 1.54) is 32.2 Å². The lowest BCUT2D eigenvalue weighted by Gasteiger charge is -2.44. The summed E-state index contributed by atoms with van der Waals surface area (Å²) in [6, 6.07) is 0. The lowest BCUT2D eigenvalue weighted by Crippen LogP contribution is -2.48. The number of nitrogens with zero attached hydrogens (tertiary/aromatic N) is 4. The molecular weight excluding hydrogens is 262 g/mol. The van der Waals surface area contributed by atoms with Crippen molar-refractivity contribution < 1.29 is 0 Å². The van der Waals surface area contributed by atoms with Crippen LogP contribution in [0, 0.1) is 11.3 Å². The van der Waals surface area contributed by atoms with Crippen molar-refractivity contribution in [3.8, 4) is 0 Å². The minimum absolute atomic E-state index is 0.454. The minimum atomic E-state index is 0.454. The smallest absolute Gasteiger partial charge is 0.147 e. The molecule has 5 heteroatoms. The first-order valence-electron chi connectivity index (χ1n) is 8.50. The Morgan fingerprint density at radius 1 is 1.43 bits per heavy atom. The third-order valence-corrected chi connectivity index (χ3v) is 5.21. The Kier molecular flexibility index (Phi) is 4.60. The van der Waals surface area contributed by atoms with Crippen LogP contribution in [0.3, 0.4) is 0 Å². The van der Waals surface area contributed by atoms with Crippen LogP contribution in [0.1, 0.15) is 45.4 Å². The topological polar surface area (TPSA) is 46.0 Å². The van der Waals surface area contributed by atoms with E-state index in [-0.39, 0.29) is 0 Å². The molecule has 118 valence electrons. The second-order valence-corrected chi connectivity index (χ2v) is 7.13. The zero-order chi connectivity index (χ0) is 14.7. The van der Waals surface area contributed by atoms with E-state index in [2.05, 4.69) is 38.8 Å².